The van der Waals surface area contributed by atoms with Crippen LogP contribution in [0.25, 0.3) is 10.2 Å². The molecule has 1 unspecified atom stereocenters. The first-order valence-corrected chi connectivity index (χ1v) is 7.94. The van der Waals surface area contributed by atoms with Crippen molar-refractivity contribution in [3.63, 3.8) is 0 Å². The fourth-order valence-electron chi connectivity index (χ4n) is 2.15. The highest BCUT2D eigenvalue weighted by Gasteiger charge is 2.18. The summed E-state index contributed by atoms with van der Waals surface area (Å²) in [5.41, 5.74) is 7.20. The average molecular weight is 324 g/mol. The third kappa shape index (κ3) is 3.14. The Morgan fingerprint density at radius 1 is 1.43 bits per heavy atom. The minimum atomic E-state index is -0.0484. The van der Waals surface area contributed by atoms with Gasteiger partial charge in [0.2, 0.25) is 5.95 Å². The van der Waals surface area contributed by atoms with Gasteiger partial charge in [0, 0.05) is 23.8 Å². The lowest BCUT2D eigenvalue weighted by Gasteiger charge is -2.10. The molecule has 5 nitrogen and oxygen atoms in total. The van der Waals surface area contributed by atoms with Crippen molar-refractivity contribution in [3.05, 3.63) is 10.4 Å². The van der Waals surface area contributed by atoms with Crippen LogP contribution in [0.1, 0.15) is 17.4 Å². The van der Waals surface area contributed by atoms with Gasteiger partial charge < -0.3 is 15.7 Å². The number of rotatable bonds is 5. The van der Waals surface area contributed by atoms with Crippen molar-refractivity contribution in [2.24, 2.45) is 5.92 Å². The Balaban J connectivity index is 2.45. The van der Waals surface area contributed by atoms with Gasteiger partial charge in [-0.05, 0) is 24.8 Å². The average Bonchev–Trinajstić information content (AvgIpc) is 2.74. The van der Waals surface area contributed by atoms with Crippen LogP contribution in [0.5, 0.6) is 0 Å². The molecule has 21 heavy (non-hydrogen) atoms. The van der Waals surface area contributed by atoms with Gasteiger partial charge in [-0.1, -0.05) is 19.1 Å². The molecule has 0 saturated heterocycles. The van der Waals surface area contributed by atoms with Crippen molar-refractivity contribution >= 4 is 50.4 Å². The zero-order valence-electron chi connectivity index (χ0n) is 12.7. The normalized spacial score (nSPS) is 12.6. The Morgan fingerprint density at radius 3 is 2.67 bits per heavy atom. The van der Waals surface area contributed by atoms with Gasteiger partial charge in [-0.3, -0.25) is 0 Å². The van der Waals surface area contributed by atoms with E-state index in [4.69, 9.17) is 23.1 Å². The smallest absolute Gasteiger partial charge is 0.228 e. The molecule has 2 aromatic heterocycles. The molecule has 0 saturated carbocycles. The molecule has 2 heterocycles. The highest BCUT2D eigenvalue weighted by atomic mass is 32.1. The number of aromatic nitrogens is 2. The number of nitrogens with zero attached hydrogens (tertiary/aromatic N) is 3. The van der Waals surface area contributed by atoms with Gasteiger partial charge in [-0.25, -0.2) is 4.98 Å². The second kappa shape index (κ2) is 6.21. The van der Waals surface area contributed by atoms with Crippen LogP contribution < -0.4 is 10.6 Å². The molecule has 0 aliphatic heterocycles. The molecule has 2 rings (SSSR count). The first-order chi connectivity index (χ1) is 9.85. The molecule has 0 amide bonds. The van der Waals surface area contributed by atoms with Crippen LogP contribution in [0.3, 0.4) is 0 Å². The molecule has 7 heteroatoms. The molecule has 3 N–H and O–H groups in total. The lowest BCUT2D eigenvalue weighted by atomic mass is 10.0. The largest absolute Gasteiger partial charge is 0.391 e. The quantitative estimate of drug-likeness (QED) is 0.821. The Bertz CT molecular complexity index is 681. The number of aliphatic hydroxyl groups excluding tert-OH is 1. The van der Waals surface area contributed by atoms with Gasteiger partial charge in [-0.2, -0.15) is 4.98 Å². The number of anilines is 2. The Morgan fingerprint density at radius 2 is 2.10 bits per heavy atom. The van der Waals surface area contributed by atoms with Crippen LogP contribution >= 0.6 is 23.6 Å². The van der Waals surface area contributed by atoms with Crippen LogP contribution in [-0.2, 0) is 6.42 Å². The molecule has 1 atom stereocenters. The number of aryl methyl sites for hydroxylation is 1. The maximum atomic E-state index is 9.15. The summed E-state index contributed by atoms with van der Waals surface area (Å²) in [4.78, 5) is 13.5. The predicted molar refractivity (Wildman–Crippen MR) is 93.4 cm³/mol. The van der Waals surface area contributed by atoms with Crippen LogP contribution in [0.15, 0.2) is 0 Å². The standard InChI is InChI=1S/C14H20N4OS2/c1-7(9(20)6-19)5-10-8(2)11-12(15)16-14(18(3)4)17-13(11)21-10/h7,19H,5-6H2,1-4H3,(H2,15,16,17). The topological polar surface area (TPSA) is 75.3 Å². The molecule has 0 aromatic carbocycles. The first kappa shape index (κ1) is 16.1. The minimum Gasteiger partial charge on any atom is -0.391 e. The highest BCUT2D eigenvalue weighted by molar-refractivity contribution is 7.80. The molecular weight excluding hydrogens is 304 g/mol. The molecule has 0 bridgehead atoms. The fraction of sp³-hybridized carbons (Fsp3) is 0.500. The van der Waals surface area contributed by atoms with Crippen LogP contribution in [0, 0.1) is 12.8 Å². The van der Waals surface area contributed by atoms with Crippen LogP contribution in [0.2, 0.25) is 0 Å². The van der Waals surface area contributed by atoms with Gasteiger partial charge in [0.05, 0.1) is 12.0 Å². The van der Waals surface area contributed by atoms with E-state index in [1.54, 1.807) is 11.3 Å². The predicted octanol–water partition coefficient (Wildman–Crippen LogP) is 2.19. The number of nitrogens with two attached hydrogens (primary N) is 1. The molecular formula is C14H20N4OS2. The lowest BCUT2D eigenvalue weighted by molar-refractivity contribution is 0.353. The Hall–Kier alpha value is -1.31. The zero-order chi connectivity index (χ0) is 15.7. The number of nitrogen functional groups attached to an aromatic ring is 1. The molecule has 0 fully saturated rings. The first-order valence-electron chi connectivity index (χ1n) is 6.71. The van der Waals surface area contributed by atoms with E-state index >= 15 is 0 Å². The summed E-state index contributed by atoms with van der Waals surface area (Å²) in [5, 5.41) is 10.1. The third-order valence-electron chi connectivity index (χ3n) is 3.50. The molecule has 2 aromatic rings. The van der Waals surface area contributed by atoms with Gasteiger partial charge in [0.25, 0.3) is 0 Å². The molecule has 0 radical (unpaired) electrons. The van der Waals surface area contributed by atoms with E-state index < -0.39 is 0 Å². The van der Waals surface area contributed by atoms with Gasteiger partial charge in [0.15, 0.2) is 0 Å². The Labute approximate surface area is 133 Å². The molecule has 0 aliphatic carbocycles. The summed E-state index contributed by atoms with van der Waals surface area (Å²) in [7, 11) is 3.79. The number of thiophene rings is 1. The lowest BCUT2D eigenvalue weighted by Crippen LogP contribution is -2.14. The summed E-state index contributed by atoms with van der Waals surface area (Å²) < 4.78 is 0. The molecule has 0 spiro atoms. The summed E-state index contributed by atoms with van der Waals surface area (Å²) in [5.74, 6) is 1.28. The van der Waals surface area contributed by atoms with E-state index in [9.17, 15) is 0 Å². The number of fused-ring (bicyclic) bond motifs is 1. The van der Waals surface area contributed by atoms with E-state index in [1.165, 1.54) is 4.88 Å². The SMILES string of the molecule is Cc1c(CC(C)C(=S)CO)sc2nc(N(C)C)nc(N)c12. The van der Waals surface area contributed by atoms with Crippen molar-refractivity contribution in [3.8, 4) is 0 Å². The molecule has 0 aliphatic rings. The van der Waals surface area contributed by atoms with Crippen molar-refractivity contribution in [1.82, 2.24) is 9.97 Å². The zero-order valence-corrected chi connectivity index (χ0v) is 14.3. The van der Waals surface area contributed by atoms with Crippen molar-refractivity contribution in [2.75, 3.05) is 31.3 Å². The highest BCUT2D eigenvalue weighted by Crippen LogP contribution is 2.35. The maximum Gasteiger partial charge on any atom is 0.228 e. The van der Waals surface area contributed by atoms with E-state index in [0.717, 1.165) is 22.2 Å². The van der Waals surface area contributed by atoms with E-state index in [0.29, 0.717) is 16.6 Å². The number of aliphatic hydroxyl groups is 1. The van der Waals surface area contributed by atoms with Crippen molar-refractivity contribution in [2.45, 2.75) is 20.3 Å². The number of thiocarbonyl (C=S) groups is 1. The second-order valence-electron chi connectivity index (χ2n) is 5.36. The van der Waals surface area contributed by atoms with E-state index in [2.05, 4.69) is 9.97 Å². The van der Waals surface area contributed by atoms with Crippen molar-refractivity contribution < 1.29 is 5.11 Å². The summed E-state index contributed by atoms with van der Waals surface area (Å²) >= 11 is 6.80. The second-order valence-corrected chi connectivity index (χ2v) is 6.97. The van der Waals surface area contributed by atoms with Crippen LogP contribution in [0.4, 0.5) is 11.8 Å². The van der Waals surface area contributed by atoms with Crippen LogP contribution in [-0.4, -0.2) is 40.6 Å². The van der Waals surface area contributed by atoms with Gasteiger partial charge >= 0.3 is 0 Å². The third-order valence-corrected chi connectivity index (χ3v) is 5.24. The minimum absolute atomic E-state index is 0.0484. The summed E-state index contributed by atoms with van der Waals surface area (Å²) in [6, 6.07) is 0. The van der Waals surface area contributed by atoms with E-state index in [-0.39, 0.29) is 12.5 Å². The van der Waals surface area contributed by atoms with Gasteiger partial charge in [0.1, 0.15) is 10.6 Å². The fourth-order valence-corrected chi connectivity index (χ4v) is 3.54. The molecule has 114 valence electrons. The number of hydrogen-bond acceptors (Lipinski definition) is 7. The monoisotopic (exact) mass is 324 g/mol. The van der Waals surface area contributed by atoms with E-state index in [1.807, 2.05) is 32.8 Å². The summed E-state index contributed by atoms with van der Waals surface area (Å²) in [6.07, 6.45) is 0.795. The Kier molecular flexibility index (Phi) is 4.75. The summed E-state index contributed by atoms with van der Waals surface area (Å²) in [6.45, 7) is 4.02. The number of hydrogen-bond donors (Lipinski definition) is 2. The maximum absolute atomic E-state index is 9.15. The van der Waals surface area contributed by atoms with Crippen molar-refractivity contribution in [1.29, 1.82) is 0 Å². The van der Waals surface area contributed by atoms with Gasteiger partial charge in [-0.15, -0.1) is 11.3 Å².